The topological polar surface area (TPSA) is 37.6 Å². The molecule has 0 aliphatic rings. The van der Waals surface area contributed by atoms with Gasteiger partial charge in [0.1, 0.15) is 23.0 Å². The van der Waals surface area contributed by atoms with Gasteiger partial charge in [-0.25, -0.2) is 23.7 Å². The van der Waals surface area contributed by atoms with Gasteiger partial charge in [-0.1, -0.05) is 18.2 Å². The van der Waals surface area contributed by atoms with Crippen molar-refractivity contribution in [2.45, 2.75) is 26.2 Å². The Morgan fingerprint density at radius 3 is 1.32 bits per heavy atom. The van der Waals surface area contributed by atoms with E-state index < -0.39 is 46.5 Å². The van der Waals surface area contributed by atoms with Crippen LogP contribution >= 0.6 is 0 Å². The number of nitrogens with zero attached hydrogens (tertiary/aromatic N) is 3. The zero-order chi connectivity index (χ0) is 25.3. The zero-order valence-corrected chi connectivity index (χ0v) is 17.6. The molecule has 178 valence electrons. The van der Waals surface area contributed by atoms with Gasteiger partial charge < -0.3 is 0 Å². The molecule has 2 aromatic carbocycles. The van der Waals surface area contributed by atoms with Crippen LogP contribution in [-0.4, -0.2) is 16.4 Å². The van der Waals surface area contributed by atoms with Gasteiger partial charge in [0.05, 0.1) is 33.9 Å². The van der Waals surface area contributed by atoms with E-state index in [0.717, 1.165) is 24.3 Å². The minimum Gasteiger partial charge on any atom is -0.248 e. The molecule has 0 aliphatic carbocycles. The molecule has 0 radical (unpaired) electrons. The van der Waals surface area contributed by atoms with Crippen molar-refractivity contribution in [3.63, 3.8) is 0 Å². The van der Waals surface area contributed by atoms with Gasteiger partial charge in [0, 0.05) is 0 Å². The predicted molar refractivity (Wildman–Crippen MR) is 111 cm³/mol. The van der Waals surface area contributed by atoms with Gasteiger partial charge in [-0.3, -0.25) is 0 Å². The first-order chi connectivity index (χ1) is 15.8. The summed E-state index contributed by atoms with van der Waals surface area (Å²) < 4.78 is 108. The number of halogens is 8. The van der Waals surface area contributed by atoms with Crippen molar-refractivity contribution in [1.29, 1.82) is 0 Å². The predicted octanol–water partition coefficient (Wildman–Crippen LogP) is 7.68. The Labute approximate surface area is 188 Å². The number of aromatic nitrogens is 1. The molecule has 3 aromatic rings. The Bertz CT molecular complexity index is 1180. The Balaban J connectivity index is 2.05. The molecular formula is C23H15F8N3. The first kappa shape index (κ1) is 25.0. The number of para-hydroxylation sites is 2. The molecule has 1 aromatic heterocycles. The van der Waals surface area contributed by atoms with E-state index in [4.69, 9.17) is 0 Å². The number of hydrogen-bond donors (Lipinski definition) is 0. The van der Waals surface area contributed by atoms with Crippen molar-refractivity contribution in [1.82, 2.24) is 4.98 Å². The van der Waals surface area contributed by atoms with Crippen molar-refractivity contribution < 1.29 is 35.1 Å². The molecule has 34 heavy (non-hydrogen) atoms. The van der Waals surface area contributed by atoms with E-state index in [9.17, 15) is 35.1 Å². The number of rotatable bonds is 4. The Morgan fingerprint density at radius 2 is 0.971 bits per heavy atom. The fourth-order valence-electron chi connectivity index (χ4n) is 3.00. The molecule has 3 nitrogen and oxygen atoms in total. The van der Waals surface area contributed by atoms with Crippen LogP contribution in [0.5, 0.6) is 0 Å². The van der Waals surface area contributed by atoms with Crippen LogP contribution in [0.3, 0.4) is 0 Å². The summed E-state index contributed by atoms with van der Waals surface area (Å²) >= 11 is 0. The number of alkyl halides is 6. The van der Waals surface area contributed by atoms with E-state index >= 15 is 0 Å². The lowest BCUT2D eigenvalue weighted by molar-refractivity contribution is -0.138. The number of aliphatic imine (C=N–C) groups is 2. The minimum absolute atomic E-state index is 0.0213. The maximum Gasteiger partial charge on any atom is 0.418 e. The number of pyridine rings is 1. The van der Waals surface area contributed by atoms with Crippen LogP contribution in [0.4, 0.5) is 46.5 Å². The lowest BCUT2D eigenvalue weighted by atomic mass is 10.1. The van der Waals surface area contributed by atoms with Crippen LogP contribution in [0.25, 0.3) is 0 Å². The van der Waals surface area contributed by atoms with Crippen LogP contribution in [0, 0.1) is 11.6 Å². The molecule has 0 aliphatic heterocycles. The molecule has 0 atom stereocenters. The Hall–Kier alpha value is -3.63. The van der Waals surface area contributed by atoms with Gasteiger partial charge in [0.2, 0.25) is 0 Å². The van der Waals surface area contributed by atoms with Crippen LogP contribution in [0.1, 0.15) is 36.4 Å². The zero-order valence-electron chi connectivity index (χ0n) is 17.6. The molecule has 0 N–H and O–H groups in total. The highest BCUT2D eigenvalue weighted by molar-refractivity contribution is 6.02. The highest BCUT2D eigenvalue weighted by Gasteiger charge is 2.35. The molecule has 3 rings (SSSR count). The fraction of sp³-hybridized carbons (Fsp3) is 0.174. The third-order valence-electron chi connectivity index (χ3n) is 4.63. The first-order valence-corrected chi connectivity index (χ1v) is 9.59. The number of benzene rings is 2. The quantitative estimate of drug-likeness (QED) is 0.276. The lowest BCUT2D eigenvalue weighted by Gasteiger charge is -2.12. The molecule has 1 heterocycles. The smallest absolute Gasteiger partial charge is 0.248 e. The lowest BCUT2D eigenvalue weighted by Crippen LogP contribution is -2.09. The van der Waals surface area contributed by atoms with E-state index in [1.54, 1.807) is 0 Å². The molecule has 0 amide bonds. The van der Waals surface area contributed by atoms with Crippen molar-refractivity contribution in [2.75, 3.05) is 0 Å². The van der Waals surface area contributed by atoms with E-state index in [1.807, 2.05) is 0 Å². The molecule has 0 fully saturated rings. The maximum absolute atomic E-state index is 14.1. The van der Waals surface area contributed by atoms with E-state index in [-0.39, 0.29) is 22.8 Å². The van der Waals surface area contributed by atoms with Gasteiger partial charge >= 0.3 is 12.4 Å². The normalized spacial score (nSPS) is 13.4. The van der Waals surface area contributed by atoms with Crippen LogP contribution in [-0.2, 0) is 12.4 Å². The summed E-state index contributed by atoms with van der Waals surface area (Å²) in [5.74, 6) is -2.38. The Kier molecular flexibility index (Phi) is 6.85. The van der Waals surface area contributed by atoms with Gasteiger partial charge in [0.25, 0.3) is 0 Å². The summed E-state index contributed by atoms with van der Waals surface area (Å²) in [6.45, 7) is 2.59. The van der Waals surface area contributed by atoms with Crippen molar-refractivity contribution in [3.8, 4) is 0 Å². The highest BCUT2D eigenvalue weighted by Crippen LogP contribution is 2.39. The summed E-state index contributed by atoms with van der Waals surface area (Å²) in [6, 6.07) is 8.98. The molecule has 0 unspecified atom stereocenters. The average molecular weight is 485 g/mol. The van der Waals surface area contributed by atoms with Gasteiger partial charge in [0.15, 0.2) is 0 Å². The molecule has 0 bridgehead atoms. The summed E-state index contributed by atoms with van der Waals surface area (Å²) in [7, 11) is 0. The fourth-order valence-corrected chi connectivity index (χ4v) is 3.00. The number of hydrogen-bond acceptors (Lipinski definition) is 3. The molecule has 11 heteroatoms. The van der Waals surface area contributed by atoms with E-state index in [0.29, 0.717) is 12.1 Å². The second-order valence-electron chi connectivity index (χ2n) is 7.07. The minimum atomic E-state index is -4.85. The molecule has 0 saturated carbocycles. The summed E-state index contributed by atoms with van der Waals surface area (Å²) in [5, 5.41) is 0. The van der Waals surface area contributed by atoms with Gasteiger partial charge in [-0.05, 0) is 50.2 Å². The first-order valence-electron chi connectivity index (χ1n) is 9.59. The second kappa shape index (κ2) is 9.32. The molecule has 0 saturated heterocycles. The summed E-state index contributed by atoms with van der Waals surface area (Å²) in [5.41, 5.74) is -4.54. The van der Waals surface area contributed by atoms with E-state index in [2.05, 4.69) is 15.0 Å². The summed E-state index contributed by atoms with van der Waals surface area (Å²) in [6.07, 6.45) is -9.70. The third kappa shape index (κ3) is 5.46. The molecule has 0 spiro atoms. The second-order valence-corrected chi connectivity index (χ2v) is 7.07. The standard InChI is InChI=1S/C23H15F8N3/c1-12(32-20-14(22(26,27)28)6-3-8-16(20)24)18-10-5-11-19(34-18)13(2)33-21-15(23(29,30)31)7-4-9-17(21)25/h3-11H,1-2H3. The monoisotopic (exact) mass is 485 g/mol. The SMILES string of the molecule is CC(=Nc1c(F)cccc1C(F)(F)F)c1cccc(C(C)=Nc2c(F)cccc2C(F)(F)F)n1. The van der Waals surface area contributed by atoms with E-state index in [1.165, 1.54) is 32.0 Å². The molecular weight excluding hydrogens is 470 g/mol. The van der Waals surface area contributed by atoms with Gasteiger partial charge in [-0.15, -0.1) is 0 Å². The Morgan fingerprint density at radius 1 is 0.618 bits per heavy atom. The van der Waals surface area contributed by atoms with Gasteiger partial charge in [-0.2, -0.15) is 26.3 Å². The maximum atomic E-state index is 14.1. The largest absolute Gasteiger partial charge is 0.418 e. The summed E-state index contributed by atoms with van der Waals surface area (Å²) in [4.78, 5) is 11.6. The van der Waals surface area contributed by atoms with Crippen LogP contribution < -0.4 is 0 Å². The van der Waals surface area contributed by atoms with Crippen LogP contribution in [0.2, 0.25) is 0 Å². The third-order valence-corrected chi connectivity index (χ3v) is 4.63. The van der Waals surface area contributed by atoms with Crippen LogP contribution in [0.15, 0.2) is 64.6 Å². The van der Waals surface area contributed by atoms with Crippen molar-refractivity contribution >= 4 is 22.8 Å². The average Bonchev–Trinajstić information content (AvgIpc) is 2.75. The van der Waals surface area contributed by atoms with Crippen molar-refractivity contribution in [2.24, 2.45) is 9.98 Å². The van der Waals surface area contributed by atoms with Crippen molar-refractivity contribution in [3.05, 3.63) is 88.7 Å². The highest BCUT2D eigenvalue weighted by atomic mass is 19.4.